The number of hydrogen-bond acceptors (Lipinski definition) is 6. The van der Waals surface area contributed by atoms with Gasteiger partial charge < -0.3 is 23.8 Å². The average molecular weight is 793 g/mol. The van der Waals surface area contributed by atoms with Crippen molar-refractivity contribution in [2.24, 2.45) is 0 Å². The molecule has 0 aliphatic carbocycles. The van der Waals surface area contributed by atoms with Crippen molar-refractivity contribution in [2.45, 2.75) is 142 Å². The zero-order valence-corrected chi connectivity index (χ0v) is 36.2. The molecule has 0 aromatic carbocycles. The third-order valence-corrected chi connectivity index (χ3v) is 8.67. The molecule has 0 spiro atoms. The van der Waals surface area contributed by atoms with Gasteiger partial charge >= 0.3 is 17.9 Å². The molecule has 1 N–H and O–H groups in total. The lowest BCUT2D eigenvalue weighted by molar-refractivity contribution is -0.887. The molecule has 0 amide bonds. The molecular formula is C49H78NO7+. The highest BCUT2D eigenvalue weighted by Crippen LogP contribution is 2.11. The van der Waals surface area contributed by atoms with Crippen LogP contribution in [0.25, 0.3) is 0 Å². The molecule has 0 rings (SSSR count). The number of rotatable bonds is 36. The van der Waals surface area contributed by atoms with Gasteiger partial charge in [0.2, 0.25) is 0 Å². The van der Waals surface area contributed by atoms with E-state index in [2.05, 4.69) is 123 Å². The minimum Gasteiger partial charge on any atom is -0.477 e. The second-order valence-electron chi connectivity index (χ2n) is 14.8. The van der Waals surface area contributed by atoms with Gasteiger partial charge in [-0.05, 0) is 96.3 Å². The normalized spacial score (nSPS) is 14.1. The average Bonchev–Trinajstić information content (AvgIpc) is 3.17. The first-order chi connectivity index (χ1) is 27.6. The number of hydrogen-bond donors (Lipinski definition) is 1. The Morgan fingerprint density at radius 1 is 0.526 bits per heavy atom. The van der Waals surface area contributed by atoms with Crippen molar-refractivity contribution in [3.8, 4) is 0 Å². The summed E-state index contributed by atoms with van der Waals surface area (Å²) >= 11 is 0. The number of likely N-dealkylation sites (N-methyl/N-ethyl adjacent to an activating group) is 1. The first-order valence-electron chi connectivity index (χ1n) is 21.4. The summed E-state index contributed by atoms with van der Waals surface area (Å²) in [6.07, 6.45) is 52.9. The zero-order chi connectivity index (χ0) is 42.1. The maximum atomic E-state index is 12.7. The van der Waals surface area contributed by atoms with Crippen molar-refractivity contribution in [1.29, 1.82) is 0 Å². The summed E-state index contributed by atoms with van der Waals surface area (Å²) in [5, 5.41) is 9.61. The largest absolute Gasteiger partial charge is 0.477 e. The van der Waals surface area contributed by atoms with Gasteiger partial charge in [-0.1, -0.05) is 123 Å². The summed E-state index contributed by atoms with van der Waals surface area (Å²) in [6, 6.07) is -0.634. The second-order valence-corrected chi connectivity index (χ2v) is 14.8. The molecule has 0 aliphatic heterocycles. The van der Waals surface area contributed by atoms with E-state index in [1.807, 2.05) is 21.1 Å². The number of aliphatic carboxylic acids is 1. The fraction of sp³-hybridized carbons (Fsp3) is 0.571. The van der Waals surface area contributed by atoms with E-state index in [0.29, 0.717) is 19.3 Å². The van der Waals surface area contributed by atoms with E-state index in [4.69, 9.17) is 14.2 Å². The number of allylic oxidation sites excluding steroid dienone is 18. The van der Waals surface area contributed by atoms with Crippen LogP contribution < -0.4 is 0 Å². The Bertz CT molecular complexity index is 1290. The minimum atomic E-state index is -0.894. The molecule has 0 bridgehead atoms. The summed E-state index contributed by atoms with van der Waals surface area (Å²) < 4.78 is 17.1. The van der Waals surface area contributed by atoms with E-state index in [1.54, 1.807) is 0 Å². The Labute approximate surface area is 347 Å². The summed E-state index contributed by atoms with van der Waals surface area (Å²) in [6.45, 7) is 4.38. The number of carboxylic acids is 1. The van der Waals surface area contributed by atoms with Gasteiger partial charge in [0.1, 0.15) is 6.61 Å². The van der Waals surface area contributed by atoms with Crippen molar-refractivity contribution >= 4 is 17.9 Å². The molecule has 2 unspecified atom stereocenters. The van der Waals surface area contributed by atoms with Crippen molar-refractivity contribution in [3.63, 3.8) is 0 Å². The van der Waals surface area contributed by atoms with Crippen LogP contribution in [0.3, 0.4) is 0 Å². The molecule has 0 saturated carbocycles. The smallest absolute Gasteiger partial charge is 0.362 e. The van der Waals surface area contributed by atoms with Crippen LogP contribution in [0.15, 0.2) is 109 Å². The fourth-order valence-corrected chi connectivity index (χ4v) is 5.40. The van der Waals surface area contributed by atoms with Gasteiger partial charge in [-0.25, -0.2) is 4.79 Å². The van der Waals surface area contributed by atoms with Crippen LogP contribution in [0.5, 0.6) is 0 Å². The molecule has 320 valence electrons. The van der Waals surface area contributed by atoms with E-state index in [-0.39, 0.29) is 49.1 Å². The highest BCUT2D eigenvalue weighted by molar-refractivity contribution is 5.72. The lowest BCUT2D eigenvalue weighted by Crippen LogP contribution is -2.50. The molecule has 0 heterocycles. The standard InChI is InChI=1S/C49H77NO7/c1-6-8-10-12-14-16-18-20-21-22-23-24-25-26-27-28-30-31-33-35-37-39-47(51)56-44-45(43-55-42-41-46(49(53)54)50(3,4)5)57-48(52)40-38-36-34-32-29-19-17-15-13-11-9-7-2/h8-11,14-17,20-21,23-24,26-27,29-32,45-46H,6-7,12-13,18-19,22,25,28,33-44H2,1-5H3/p+1/b10-8+,11-9+,16-14+,17-15+,21-20+,24-23+,27-26+,31-30+,32-29+. The predicted octanol–water partition coefficient (Wildman–Crippen LogP) is 11.7. The number of carbonyl (C=O) groups excluding carboxylic acids is 2. The lowest BCUT2D eigenvalue weighted by Gasteiger charge is -2.31. The number of ether oxygens (including phenoxy) is 3. The van der Waals surface area contributed by atoms with Crippen molar-refractivity contribution in [1.82, 2.24) is 0 Å². The molecule has 0 aliphatic rings. The second kappa shape index (κ2) is 38.8. The zero-order valence-electron chi connectivity index (χ0n) is 36.2. The fourth-order valence-electron chi connectivity index (χ4n) is 5.40. The number of carboxylic acid groups (broad SMARTS) is 1. The maximum absolute atomic E-state index is 12.7. The topological polar surface area (TPSA) is 99.1 Å². The van der Waals surface area contributed by atoms with Gasteiger partial charge in [0.05, 0.1) is 34.4 Å². The molecule has 0 aromatic rings. The first-order valence-corrected chi connectivity index (χ1v) is 21.4. The Balaban J connectivity index is 4.48. The van der Waals surface area contributed by atoms with E-state index in [0.717, 1.165) is 83.5 Å². The van der Waals surface area contributed by atoms with Gasteiger partial charge in [0.15, 0.2) is 12.1 Å². The van der Waals surface area contributed by atoms with Crippen LogP contribution in [-0.2, 0) is 28.6 Å². The summed E-state index contributed by atoms with van der Waals surface area (Å²) in [5.74, 6) is -1.60. The Hall–Kier alpha value is -4.01. The van der Waals surface area contributed by atoms with E-state index in [9.17, 15) is 19.5 Å². The lowest BCUT2D eigenvalue weighted by atomic mass is 10.1. The minimum absolute atomic E-state index is 0.0235. The molecule has 0 fully saturated rings. The highest BCUT2D eigenvalue weighted by atomic mass is 16.6. The summed E-state index contributed by atoms with van der Waals surface area (Å²) in [5.41, 5.74) is 0. The van der Waals surface area contributed by atoms with Crippen LogP contribution in [-0.4, -0.2) is 80.6 Å². The van der Waals surface area contributed by atoms with Crippen LogP contribution >= 0.6 is 0 Å². The number of quaternary nitrogens is 1. The number of carbonyl (C=O) groups is 3. The quantitative estimate of drug-likeness (QED) is 0.0292. The van der Waals surface area contributed by atoms with Gasteiger partial charge in [-0.3, -0.25) is 9.59 Å². The third-order valence-electron chi connectivity index (χ3n) is 8.67. The molecule has 57 heavy (non-hydrogen) atoms. The molecule has 8 nitrogen and oxygen atoms in total. The number of nitrogens with zero attached hydrogens (tertiary/aromatic N) is 1. The van der Waals surface area contributed by atoms with Crippen LogP contribution in [0.1, 0.15) is 129 Å². The highest BCUT2D eigenvalue weighted by Gasteiger charge is 2.31. The molecule has 2 atom stereocenters. The van der Waals surface area contributed by atoms with Crippen molar-refractivity contribution < 1.29 is 38.2 Å². The van der Waals surface area contributed by atoms with E-state index >= 15 is 0 Å². The first kappa shape index (κ1) is 53.0. The Morgan fingerprint density at radius 3 is 1.30 bits per heavy atom. The maximum Gasteiger partial charge on any atom is 0.362 e. The van der Waals surface area contributed by atoms with E-state index in [1.165, 1.54) is 0 Å². The molecule has 0 radical (unpaired) electrons. The predicted molar refractivity (Wildman–Crippen MR) is 238 cm³/mol. The molecule has 8 heteroatoms. The third kappa shape index (κ3) is 37.3. The SMILES string of the molecule is CC/C=C/C/C=C/C/C=C/C/C=C/C/C=C/C/C=C/CCCCC(=O)OCC(COCCC(C(=O)O)[N+](C)(C)C)OC(=O)CCCC/C=C/C/C=C/C/C=C/CC. The molecule has 0 aromatic heterocycles. The van der Waals surface area contributed by atoms with Crippen molar-refractivity contribution in [3.05, 3.63) is 109 Å². The summed E-state index contributed by atoms with van der Waals surface area (Å²) in [4.78, 5) is 36.9. The number of esters is 2. The summed E-state index contributed by atoms with van der Waals surface area (Å²) in [7, 11) is 5.48. The van der Waals surface area contributed by atoms with Crippen LogP contribution in [0.2, 0.25) is 0 Å². The molecule has 0 saturated heterocycles. The molecular weight excluding hydrogens is 715 g/mol. The van der Waals surface area contributed by atoms with Crippen molar-refractivity contribution in [2.75, 3.05) is 41.0 Å². The van der Waals surface area contributed by atoms with Crippen LogP contribution in [0.4, 0.5) is 0 Å². The number of unbranched alkanes of at least 4 members (excludes halogenated alkanes) is 4. The van der Waals surface area contributed by atoms with Gasteiger partial charge in [0, 0.05) is 19.3 Å². The van der Waals surface area contributed by atoms with Crippen LogP contribution in [0, 0.1) is 0 Å². The van der Waals surface area contributed by atoms with E-state index < -0.39 is 18.1 Å². The monoisotopic (exact) mass is 793 g/mol. The van der Waals surface area contributed by atoms with Gasteiger partial charge in [-0.2, -0.15) is 0 Å². The van der Waals surface area contributed by atoms with Gasteiger partial charge in [-0.15, -0.1) is 0 Å². The van der Waals surface area contributed by atoms with Gasteiger partial charge in [0.25, 0.3) is 0 Å². The Morgan fingerprint density at radius 2 is 0.912 bits per heavy atom. The Kier molecular flexibility index (Phi) is 36.1.